The lowest BCUT2D eigenvalue weighted by molar-refractivity contribution is -0.201. The maximum absolute atomic E-state index is 12.2. The summed E-state index contributed by atoms with van der Waals surface area (Å²) >= 11 is 0. The number of esters is 3. The molecule has 0 spiro atoms. The highest BCUT2D eigenvalue weighted by Gasteiger charge is 2.64. The smallest absolute Gasteiger partial charge is 0.309 e. The van der Waals surface area contributed by atoms with Crippen molar-refractivity contribution in [1.82, 2.24) is 0 Å². The van der Waals surface area contributed by atoms with Gasteiger partial charge >= 0.3 is 17.9 Å². The SMILES string of the molecule is C(CC1CC2CC1C1C3CCC(C3)C21)OCC1CCC2OC2C1.C1=CC2CCC(OCC3CO3)CC2C1.CC1(C)C2CCC1(C)C(CCOC(=O)C1CCC3OC3C1)C2.CC1(C)COC1C1CCC2CCCC2C1.CC12CCC(C(=O)OCCC3CC4CCC3C4)CC1O2.CC12CCC(COC3CCC4C=CCC4C3)CC1O2.CCC1(COC(=O)C2CC3CCC2C3)COC1. The Bertz CT molecular complexity index is 3860. The molecule has 0 aromatic carbocycles. The van der Waals surface area contributed by atoms with Crippen LogP contribution in [-0.4, -0.2) is 163 Å². The average Bonchev–Trinajstić information content (AvgIpc) is 1.59. The highest BCUT2D eigenvalue weighted by Crippen LogP contribution is 2.71. The molecule has 16 heteroatoms. The molecule has 20 aliphatic carbocycles. The molecule has 730 valence electrons. The van der Waals surface area contributed by atoms with Crippen molar-refractivity contribution >= 4 is 17.9 Å². The van der Waals surface area contributed by atoms with Gasteiger partial charge in [0.1, 0.15) is 12.7 Å². The summed E-state index contributed by atoms with van der Waals surface area (Å²) in [5.41, 5.74) is 1.86. The van der Waals surface area contributed by atoms with Crippen LogP contribution < -0.4 is 0 Å². The molecule has 0 aromatic heterocycles. The van der Waals surface area contributed by atoms with Gasteiger partial charge < -0.3 is 61.6 Å². The number of hydrogen-bond donors (Lipinski definition) is 0. The van der Waals surface area contributed by atoms with Crippen LogP contribution in [0.4, 0.5) is 0 Å². The van der Waals surface area contributed by atoms with E-state index in [4.69, 9.17) is 61.6 Å². The Hall–Kier alpha value is -2.51. The Morgan fingerprint density at radius 1 is 0.431 bits per heavy atom. The zero-order chi connectivity index (χ0) is 88.8. The molecule has 10 bridgehead atoms. The Balaban J connectivity index is 0.0000000923. The minimum atomic E-state index is 0.0292. The number of rotatable bonds is 24. The van der Waals surface area contributed by atoms with Gasteiger partial charge in [-0.1, -0.05) is 98.0 Å². The molecule has 0 aromatic rings. The van der Waals surface area contributed by atoms with Crippen molar-refractivity contribution in [3.8, 4) is 0 Å². The van der Waals surface area contributed by atoms with Crippen molar-refractivity contribution in [2.45, 2.75) is 423 Å². The first kappa shape index (κ1) is 93.8. The lowest BCUT2D eigenvalue weighted by atomic mass is 9.66. The fraction of sp³-hybridized carbons (Fsp3) is 0.939. The Kier molecular flexibility index (Phi) is 28.5. The molecule has 25 fully saturated rings. The van der Waals surface area contributed by atoms with Gasteiger partial charge in [-0.3, -0.25) is 14.4 Å². The van der Waals surface area contributed by atoms with Crippen molar-refractivity contribution in [3.05, 3.63) is 24.3 Å². The second-order valence-electron chi connectivity index (χ2n) is 51.9. The molecule has 7 saturated heterocycles. The Labute approximate surface area is 784 Å². The molecule has 7 aliphatic heterocycles. The molecule has 18 saturated carbocycles. The van der Waals surface area contributed by atoms with Gasteiger partial charge in [-0.15, -0.1) is 0 Å². The zero-order valence-corrected chi connectivity index (χ0v) is 82.4. The second-order valence-corrected chi connectivity index (χ2v) is 51.9. The third kappa shape index (κ3) is 20.8. The molecule has 27 rings (SSSR count). The minimum Gasteiger partial charge on any atom is -0.465 e. The van der Waals surface area contributed by atoms with E-state index in [2.05, 4.69) is 79.7 Å². The molecular weight excluding hydrogens is 1630 g/mol. The maximum Gasteiger partial charge on any atom is 0.309 e. The summed E-state index contributed by atoms with van der Waals surface area (Å²) in [6.07, 6.45) is 74.4. The number of ether oxygens (including phenoxy) is 13. The molecule has 39 unspecified atom stereocenters. The van der Waals surface area contributed by atoms with Gasteiger partial charge in [-0.25, -0.2) is 0 Å². The third-order valence-electron chi connectivity index (χ3n) is 43.5. The van der Waals surface area contributed by atoms with Crippen LogP contribution >= 0.6 is 0 Å². The first-order valence-corrected chi connectivity index (χ1v) is 56.1. The van der Waals surface area contributed by atoms with E-state index < -0.39 is 0 Å². The van der Waals surface area contributed by atoms with E-state index in [9.17, 15) is 14.4 Å². The summed E-state index contributed by atoms with van der Waals surface area (Å²) in [4.78, 5) is 36.4. The van der Waals surface area contributed by atoms with Crippen LogP contribution in [-0.2, 0) is 76.0 Å². The third-order valence-corrected chi connectivity index (χ3v) is 43.5. The number of carbonyl (C=O) groups excluding carboxylic acids is 3. The van der Waals surface area contributed by atoms with Crippen LogP contribution in [0.2, 0.25) is 0 Å². The van der Waals surface area contributed by atoms with Crippen molar-refractivity contribution in [2.75, 3.05) is 72.7 Å². The van der Waals surface area contributed by atoms with E-state index in [1.165, 1.54) is 205 Å². The fourth-order valence-corrected chi connectivity index (χ4v) is 34.2. The largest absolute Gasteiger partial charge is 0.465 e. The van der Waals surface area contributed by atoms with Crippen LogP contribution in [0.1, 0.15) is 351 Å². The summed E-state index contributed by atoms with van der Waals surface area (Å²) in [6, 6.07) is 0. The predicted octanol–water partition coefficient (Wildman–Crippen LogP) is 23.4. The number of carbonyl (C=O) groups is 3. The summed E-state index contributed by atoms with van der Waals surface area (Å²) in [5.74, 6) is 22.3. The monoisotopic (exact) mass is 1800 g/mol. The van der Waals surface area contributed by atoms with E-state index in [-0.39, 0.29) is 52.3 Å². The number of fused-ring (bicyclic) bond motifs is 22. The normalized spacial score (nSPS) is 49.0. The van der Waals surface area contributed by atoms with Crippen molar-refractivity contribution in [3.63, 3.8) is 0 Å². The molecule has 39 atom stereocenters. The van der Waals surface area contributed by atoms with E-state index in [0.29, 0.717) is 103 Å². The fourth-order valence-electron chi connectivity index (χ4n) is 34.2. The van der Waals surface area contributed by atoms with Gasteiger partial charge in [0.15, 0.2) is 0 Å². The van der Waals surface area contributed by atoms with Crippen LogP contribution in [0.15, 0.2) is 24.3 Å². The van der Waals surface area contributed by atoms with E-state index >= 15 is 0 Å². The summed E-state index contributed by atoms with van der Waals surface area (Å²) in [5, 5.41) is 0. The Morgan fingerprint density at radius 3 is 1.68 bits per heavy atom. The van der Waals surface area contributed by atoms with E-state index in [0.717, 1.165) is 241 Å². The molecule has 27 aliphatic rings. The van der Waals surface area contributed by atoms with Crippen molar-refractivity contribution in [1.29, 1.82) is 0 Å². The standard InChI is InChI=1S/C21H32O2.C19H30O3.C17H26O3.C17H26O2.C14H22O3.C14H24O.C12H18O2/c1-4-18-19(23-18)7-12(1)11-22-6-5-13-8-16-10-17(13)21-15-3-2-14(9-15)20(16)21;1-18(2)13-6-8-19(18,3)14(11-13)7-9-21-17(20)12-4-5-15-16(10-12)22-15;1-17-6-4-14(10-15(17)20-17)16(18)19-7-5-13-9-11-2-3-12(13)8-11;1-17-8-7-12(9-16(17)19-17)11-18-15-6-5-13-3-2-4-14(13)10-15;1-2-14(7-16-8-14)9-17-13(15)12-6-10-3-4-11(12)5-10;1-14(2)9-15-13(14)12-7-6-10-4-3-5-11(10)8-12;1-2-9-4-5-11(6-10(9)3-1)13-7-12-8-14-12/h12-21H,1-11H2;12-16H,4-11H2,1-3H3;11-15H,2-10H2,1H3;2-3,12-16H,4-11H2,1H3;10-12H,2-9H2,1H3;10-13H,3-9H2,1-2H3;1-2,9-12H,3-8H2. The molecular formula is C114H178O16. The predicted molar refractivity (Wildman–Crippen MR) is 503 cm³/mol. The van der Waals surface area contributed by atoms with E-state index in [1.807, 2.05) is 0 Å². The first-order valence-electron chi connectivity index (χ1n) is 56.1. The molecule has 130 heavy (non-hydrogen) atoms. The van der Waals surface area contributed by atoms with Gasteiger partial charge in [-0.2, -0.15) is 0 Å². The average molecular weight is 1800 g/mol. The topological polar surface area (TPSA) is 188 Å². The van der Waals surface area contributed by atoms with E-state index in [1.54, 1.807) is 32.1 Å². The minimum absolute atomic E-state index is 0.0292. The van der Waals surface area contributed by atoms with Crippen molar-refractivity contribution < 1.29 is 76.0 Å². The number of hydrogen-bond acceptors (Lipinski definition) is 16. The van der Waals surface area contributed by atoms with Crippen LogP contribution in [0.3, 0.4) is 0 Å². The van der Waals surface area contributed by atoms with Crippen LogP contribution in [0.25, 0.3) is 0 Å². The van der Waals surface area contributed by atoms with Crippen molar-refractivity contribution in [2.24, 2.45) is 176 Å². The van der Waals surface area contributed by atoms with Gasteiger partial charge in [0.2, 0.25) is 0 Å². The summed E-state index contributed by atoms with van der Waals surface area (Å²) < 4.78 is 73.8. The Morgan fingerprint density at radius 2 is 1.06 bits per heavy atom. The van der Waals surface area contributed by atoms with Gasteiger partial charge in [-0.05, 0) is 424 Å². The summed E-state index contributed by atoms with van der Waals surface area (Å²) in [7, 11) is 0. The number of allylic oxidation sites excluding steroid dienone is 4. The molecule has 0 amide bonds. The summed E-state index contributed by atoms with van der Waals surface area (Å²) in [6.45, 7) is 27.8. The molecule has 0 N–H and O–H groups in total. The number of epoxide rings is 5. The lowest BCUT2D eigenvalue weighted by Crippen LogP contribution is -2.53. The van der Waals surface area contributed by atoms with Gasteiger partial charge in [0, 0.05) is 25.2 Å². The quantitative estimate of drug-likeness (QED) is 0.0221. The molecule has 7 heterocycles. The van der Waals surface area contributed by atoms with Crippen LogP contribution in [0.5, 0.6) is 0 Å². The van der Waals surface area contributed by atoms with Crippen LogP contribution in [0, 0.1) is 176 Å². The van der Waals surface area contributed by atoms with Gasteiger partial charge in [0.05, 0.1) is 136 Å². The zero-order valence-electron chi connectivity index (χ0n) is 82.4. The highest BCUT2D eigenvalue weighted by atomic mass is 16.6. The molecule has 16 nitrogen and oxygen atoms in total. The highest BCUT2D eigenvalue weighted by molar-refractivity contribution is 5.74. The first-order chi connectivity index (χ1) is 63.0. The van der Waals surface area contributed by atoms with Gasteiger partial charge in [0.25, 0.3) is 0 Å². The molecule has 0 radical (unpaired) electrons. The maximum atomic E-state index is 12.2. The lowest BCUT2D eigenvalue weighted by Gasteiger charge is -2.50. The second kappa shape index (κ2) is 39.5.